The highest BCUT2D eigenvalue weighted by Gasteiger charge is 2.49. The zero-order valence-corrected chi connectivity index (χ0v) is 20.5. The Bertz CT molecular complexity index is 1190. The topological polar surface area (TPSA) is 104 Å². The van der Waals surface area contributed by atoms with Crippen LogP contribution in [0.2, 0.25) is 5.02 Å². The number of halogens is 2. The average molecular weight is 488 g/mol. The largest absolute Gasteiger partial charge is 0.481 e. The van der Waals surface area contributed by atoms with Crippen molar-refractivity contribution in [1.82, 2.24) is 19.9 Å². The van der Waals surface area contributed by atoms with Crippen LogP contribution in [0.3, 0.4) is 0 Å². The third-order valence-corrected chi connectivity index (χ3v) is 7.35. The number of anilines is 1. The van der Waals surface area contributed by atoms with E-state index < -0.39 is 17.8 Å². The van der Waals surface area contributed by atoms with Crippen LogP contribution >= 0.6 is 11.6 Å². The smallest absolute Gasteiger partial charge is 0.305 e. The minimum absolute atomic E-state index is 0.0293. The third kappa shape index (κ3) is 4.73. The van der Waals surface area contributed by atoms with E-state index in [-0.39, 0.29) is 17.7 Å². The van der Waals surface area contributed by atoms with Gasteiger partial charge in [0, 0.05) is 29.4 Å². The molecular weight excluding hydrogens is 457 g/mol. The molecular formula is C25H31ClFN5O2. The minimum Gasteiger partial charge on any atom is -0.481 e. The molecule has 2 fully saturated rings. The quantitative estimate of drug-likeness (QED) is 0.376. The molecule has 3 heterocycles. The van der Waals surface area contributed by atoms with E-state index in [1.54, 1.807) is 18.5 Å². The number of nitrogens with zero attached hydrogens (tertiary/aromatic N) is 3. The van der Waals surface area contributed by atoms with Crippen LogP contribution < -0.4 is 5.32 Å². The summed E-state index contributed by atoms with van der Waals surface area (Å²) in [4.78, 5) is 27.6. The Morgan fingerprint density at radius 1 is 1.35 bits per heavy atom. The fraction of sp³-hybridized carbons (Fsp3) is 0.520. The van der Waals surface area contributed by atoms with Gasteiger partial charge >= 0.3 is 5.97 Å². The summed E-state index contributed by atoms with van der Waals surface area (Å²) >= 11 is 6.10. The number of carbonyl (C=O) groups is 1. The molecule has 2 aliphatic rings. The maximum atomic E-state index is 14.8. The van der Waals surface area contributed by atoms with Crippen molar-refractivity contribution < 1.29 is 14.3 Å². The van der Waals surface area contributed by atoms with Crippen molar-refractivity contribution in [3.8, 4) is 11.4 Å². The Hall–Kier alpha value is -2.74. The Kier molecular flexibility index (Phi) is 7.07. The summed E-state index contributed by atoms with van der Waals surface area (Å²) in [5, 5.41) is 14.0. The van der Waals surface area contributed by atoms with E-state index in [1.165, 1.54) is 6.42 Å². The van der Waals surface area contributed by atoms with Crippen LogP contribution in [0.5, 0.6) is 0 Å². The van der Waals surface area contributed by atoms with Gasteiger partial charge in [-0.2, -0.15) is 0 Å². The van der Waals surface area contributed by atoms with Gasteiger partial charge in [-0.3, -0.25) is 4.79 Å². The molecule has 182 valence electrons. The van der Waals surface area contributed by atoms with Gasteiger partial charge in [0.05, 0.1) is 17.6 Å². The number of aromatic nitrogens is 4. The van der Waals surface area contributed by atoms with Gasteiger partial charge in [0.2, 0.25) is 0 Å². The van der Waals surface area contributed by atoms with E-state index >= 15 is 0 Å². The predicted octanol–water partition coefficient (Wildman–Crippen LogP) is 6.31. The fourth-order valence-corrected chi connectivity index (χ4v) is 6.14. The first-order valence-corrected chi connectivity index (χ1v) is 12.3. The van der Waals surface area contributed by atoms with Crippen LogP contribution in [0.25, 0.3) is 22.4 Å². The van der Waals surface area contributed by atoms with Gasteiger partial charge in [0.1, 0.15) is 5.65 Å². The summed E-state index contributed by atoms with van der Waals surface area (Å²) < 4.78 is 14.8. The molecule has 2 aliphatic carbocycles. The molecule has 7 nitrogen and oxygen atoms in total. The van der Waals surface area contributed by atoms with Gasteiger partial charge in [0.15, 0.2) is 17.5 Å². The number of hydrogen-bond acceptors (Lipinski definition) is 5. The highest BCUT2D eigenvalue weighted by molar-refractivity contribution is 6.31. The molecule has 4 atom stereocenters. The lowest BCUT2D eigenvalue weighted by molar-refractivity contribution is -0.138. The lowest BCUT2D eigenvalue weighted by atomic mass is 9.66. The van der Waals surface area contributed by atoms with Crippen molar-refractivity contribution in [2.75, 3.05) is 5.32 Å². The van der Waals surface area contributed by atoms with Gasteiger partial charge in [0.25, 0.3) is 0 Å². The molecule has 9 heteroatoms. The molecule has 5 rings (SSSR count). The maximum absolute atomic E-state index is 14.8. The third-order valence-electron chi connectivity index (χ3n) is 7.15. The van der Waals surface area contributed by atoms with Gasteiger partial charge < -0.3 is 15.4 Å². The van der Waals surface area contributed by atoms with E-state index in [9.17, 15) is 14.3 Å². The van der Waals surface area contributed by atoms with E-state index in [4.69, 9.17) is 11.6 Å². The van der Waals surface area contributed by atoms with Gasteiger partial charge in [-0.25, -0.2) is 19.3 Å². The molecule has 0 aromatic carbocycles. The monoisotopic (exact) mass is 487 g/mol. The SMILES string of the molecule is CC.CC1CC2CCC(C(CC(=O)O)Nc3nc(-c4c[nH]c5ncc(Cl)cc45)ncc3F)(C1)C2. The molecule has 4 unspecified atom stereocenters. The molecule has 3 aromatic heterocycles. The number of aromatic amines is 1. The van der Waals surface area contributed by atoms with Gasteiger partial charge in [-0.05, 0) is 55.4 Å². The van der Waals surface area contributed by atoms with Crippen LogP contribution in [-0.2, 0) is 4.79 Å². The molecule has 0 spiro atoms. The summed E-state index contributed by atoms with van der Waals surface area (Å²) in [5.41, 5.74) is 1.12. The molecule has 34 heavy (non-hydrogen) atoms. The van der Waals surface area contributed by atoms with E-state index in [0.29, 0.717) is 33.9 Å². The van der Waals surface area contributed by atoms with Crippen molar-refractivity contribution >= 4 is 34.4 Å². The zero-order valence-electron chi connectivity index (χ0n) is 19.7. The van der Waals surface area contributed by atoms with Gasteiger partial charge in [-0.1, -0.05) is 32.4 Å². The summed E-state index contributed by atoms with van der Waals surface area (Å²) in [6.45, 7) is 6.23. The lowest BCUT2D eigenvalue weighted by Gasteiger charge is -2.43. The summed E-state index contributed by atoms with van der Waals surface area (Å²) in [5.74, 6) is -0.00555. The Morgan fingerprint density at radius 2 is 2.15 bits per heavy atom. The Balaban J connectivity index is 0.00000133. The van der Waals surface area contributed by atoms with E-state index in [0.717, 1.165) is 37.3 Å². The lowest BCUT2D eigenvalue weighted by Crippen LogP contribution is -2.43. The number of hydrogen-bond donors (Lipinski definition) is 3. The second kappa shape index (κ2) is 9.86. The standard InChI is InChI=1S/C23H25ClFN5O2.C2H6/c1-12-4-13-2-3-23(7-12,8-13)18(6-19(31)32)29-22-17(25)11-28-21(30-22)16-10-27-20-15(16)5-14(24)9-26-20;1-2/h5,9-13,18H,2-4,6-8H2,1H3,(H,26,27)(H,31,32)(H,28,29,30);1-2H3. The van der Waals surface area contributed by atoms with Crippen LogP contribution in [-0.4, -0.2) is 37.1 Å². The molecule has 0 amide bonds. The van der Waals surface area contributed by atoms with Crippen LogP contribution in [0.4, 0.5) is 10.2 Å². The molecule has 3 N–H and O–H groups in total. The number of aliphatic carboxylic acids is 1. The van der Waals surface area contributed by atoms with Crippen molar-refractivity contribution in [1.29, 1.82) is 0 Å². The number of H-pyrrole nitrogens is 1. The summed E-state index contributed by atoms with van der Waals surface area (Å²) in [6.07, 6.45) is 9.46. The number of carboxylic acid groups (broad SMARTS) is 1. The maximum Gasteiger partial charge on any atom is 0.305 e. The highest BCUT2D eigenvalue weighted by atomic mass is 35.5. The van der Waals surface area contributed by atoms with Crippen LogP contribution in [0.1, 0.15) is 59.3 Å². The molecule has 0 aliphatic heterocycles. The van der Waals surface area contributed by atoms with Crippen LogP contribution in [0.15, 0.2) is 24.7 Å². The normalized spacial score (nSPS) is 24.4. The minimum atomic E-state index is -0.898. The predicted molar refractivity (Wildman–Crippen MR) is 131 cm³/mol. The Morgan fingerprint density at radius 3 is 2.91 bits per heavy atom. The van der Waals surface area contributed by atoms with E-state index in [2.05, 4.69) is 32.2 Å². The first kappa shape index (κ1) is 24.4. The fourth-order valence-electron chi connectivity index (χ4n) is 5.98. The van der Waals surface area contributed by atoms with E-state index in [1.807, 2.05) is 13.8 Å². The second-order valence-corrected chi connectivity index (χ2v) is 9.89. The number of carboxylic acids is 1. The Labute approximate surface area is 203 Å². The number of rotatable bonds is 6. The number of pyridine rings is 1. The highest BCUT2D eigenvalue weighted by Crippen LogP contribution is 2.56. The first-order valence-electron chi connectivity index (χ1n) is 12.0. The summed E-state index contributed by atoms with van der Waals surface area (Å²) in [7, 11) is 0. The molecule has 0 saturated heterocycles. The van der Waals surface area contributed by atoms with Gasteiger partial charge in [-0.15, -0.1) is 0 Å². The molecule has 2 bridgehead atoms. The van der Waals surface area contributed by atoms with Crippen molar-refractivity contribution in [2.24, 2.45) is 17.3 Å². The number of fused-ring (bicyclic) bond motifs is 3. The van der Waals surface area contributed by atoms with Crippen molar-refractivity contribution in [2.45, 2.75) is 65.3 Å². The van der Waals surface area contributed by atoms with Crippen molar-refractivity contribution in [3.05, 3.63) is 35.5 Å². The molecule has 0 radical (unpaired) electrons. The van der Waals surface area contributed by atoms with Crippen LogP contribution in [0, 0.1) is 23.1 Å². The molecule has 2 saturated carbocycles. The average Bonchev–Trinajstić information content (AvgIpc) is 3.36. The molecule has 3 aromatic rings. The zero-order chi connectivity index (χ0) is 24.5. The summed E-state index contributed by atoms with van der Waals surface area (Å²) in [6, 6.07) is 1.35. The first-order chi connectivity index (χ1) is 16.3. The second-order valence-electron chi connectivity index (χ2n) is 9.45. The van der Waals surface area contributed by atoms with Crippen molar-refractivity contribution in [3.63, 3.8) is 0 Å². The number of nitrogens with one attached hydrogen (secondary N) is 2.